The molecule has 0 bridgehead atoms. The SMILES string of the molecule is CNc1cccnc1S(=O)(=O)NCCCn1ccnn1. The van der Waals surface area contributed by atoms with E-state index in [0.717, 1.165) is 0 Å². The molecular weight excluding hydrogens is 280 g/mol. The average molecular weight is 296 g/mol. The maximum Gasteiger partial charge on any atom is 0.260 e. The van der Waals surface area contributed by atoms with E-state index < -0.39 is 10.0 Å². The van der Waals surface area contributed by atoms with Gasteiger partial charge in [0.25, 0.3) is 10.0 Å². The Kier molecular flexibility index (Phi) is 4.64. The molecule has 0 aliphatic heterocycles. The van der Waals surface area contributed by atoms with E-state index in [1.807, 2.05) is 0 Å². The zero-order valence-electron chi connectivity index (χ0n) is 11.0. The third-order valence-electron chi connectivity index (χ3n) is 2.62. The first-order valence-electron chi connectivity index (χ1n) is 6.10. The summed E-state index contributed by atoms with van der Waals surface area (Å²) < 4.78 is 28.4. The number of rotatable bonds is 7. The molecule has 9 heteroatoms. The molecule has 0 amide bonds. The van der Waals surface area contributed by atoms with Gasteiger partial charge in [-0.3, -0.25) is 4.68 Å². The van der Waals surface area contributed by atoms with Crippen molar-refractivity contribution in [2.75, 3.05) is 18.9 Å². The first-order valence-corrected chi connectivity index (χ1v) is 7.58. The van der Waals surface area contributed by atoms with Gasteiger partial charge in [0.15, 0.2) is 5.03 Å². The molecule has 0 radical (unpaired) electrons. The highest BCUT2D eigenvalue weighted by molar-refractivity contribution is 7.89. The van der Waals surface area contributed by atoms with Gasteiger partial charge in [0.1, 0.15) is 0 Å². The number of hydrogen-bond acceptors (Lipinski definition) is 6. The summed E-state index contributed by atoms with van der Waals surface area (Å²) in [5.74, 6) is 0. The average Bonchev–Trinajstić information content (AvgIpc) is 2.97. The number of pyridine rings is 1. The molecule has 0 saturated carbocycles. The first kappa shape index (κ1) is 14.4. The van der Waals surface area contributed by atoms with E-state index in [-0.39, 0.29) is 5.03 Å². The van der Waals surface area contributed by atoms with Crippen molar-refractivity contribution in [1.29, 1.82) is 0 Å². The molecule has 0 saturated heterocycles. The van der Waals surface area contributed by atoms with Crippen LogP contribution < -0.4 is 10.0 Å². The van der Waals surface area contributed by atoms with Gasteiger partial charge in [-0.1, -0.05) is 5.21 Å². The van der Waals surface area contributed by atoms with E-state index in [9.17, 15) is 8.42 Å². The number of sulfonamides is 1. The fourth-order valence-electron chi connectivity index (χ4n) is 1.66. The summed E-state index contributed by atoms with van der Waals surface area (Å²) in [5.41, 5.74) is 0.469. The molecule has 0 fully saturated rings. The Hall–Kier alpha value is -2.00. The van der Waals surface area contributed by atoms with Crippen LogP contribution in [0.3, 0.4) is 0 Å². The van der Waals surface area contributed by atoms with Gasteiger partial charge in [0, 0.05) is 32.5 Å². The summed E-state index contributed by atoms with van der Waals surface area (Å²) in [6.45, 7) is 0.908. The molecule has 2 rings (SSSR count). The fourth-order valence-corrected chi connectivity index (χ4v) is 2.87. The molecule has 0 atom stereocenters. The molecule has 0 aliphatic rings. The van der Waals surface area contributed by atoms with Crippen molar-refractivity contribution in [1.82, 2.24) is 24.7 Å². The predicted octanol–water partition coefficient (Wildman–Crippen LogP) is 0.0834. The van der Waals surface area contributed by atoms with E-state index in [0.29, 0.717) is 25.2 Å². The van der Waals surface area contributed by atoms with Gasteiger partial charge in [0.05, 0.1) is 11.9 Å². The van der Waals surface area contributed by atoms with Crippen molar-refractivity contribution in [3.63, 3.8) is 0 Å². The van der Waals surface area contributed by atoms with Gasteiger partial charge in [-0.15, -0.1) is 5.10 Å². The minimum Gasteiger partial charge on any atom is -0.386 e. The highest BCUT2D eigenvalue weighted by Gasteiger charge is 2.18. The van der Waals surface area contributed by atoms with Crippen LogP contribution in [0, 0.1) is 0 Å². The molecular formula is C11H16N6O2S. The zero-order chi connectivity index (χ0) is 14.4. The molecule has 0 aliphatic carbocycles. The van der Waals surface area contributed by atoms with E-state index in [2.05, 4.69) is 25.3 Å². The molecule has 2 aromatic rings. The van der Waals surface area contributed by atoms with Crippen LogP contribution in [0.5, 0.6) is 0 Å². The van der Waals surface area contributed by atoms with E-state index in [4.69, 9.17) is 0 Å². The Bertz CT molecular complexity index is 641. The normalized spacial score (nSPS) is 11.4. The predicted molar refractivity (Wildman–Crippen MR) is 73.6 cm³/mol. The quantitative estimate of drug-likeness (QED) is 0.702. The Balaban J connectivity index is 1.94. The summed E-state index contributed by atoms with van der Waals surface area (Å²) in [5, 5.41) is 10.3. The van der Waals surface area contributed by atoms with Crippen molar-refractivity contribution in [2.24, 2.45) is 0 Å². The lowest BCUT2D eigenvalue weighted by Crippen LogP contribution is -2.27. The highest BCUT2D eigenvalue weighted by Crippen LogP contribution is 2.16. The molecule has 0 aromatic carbocycles. The van der Waals surface area contributed by atoms with Gasteiger partial charge in [-0.25, -0.2) is 18.1 Å². The lowest BCUT2D eigenvalue weighted by atomic mass is 10.4. The van der Waals surface area contributed by atoms with Crippen LogP contribution in [0.2, 0.25) is 0 Å². The van der Waals surface area contributed by atoms with Crippen molar-refractivity contribution >= 4 is 15.7 Å². The number of aromatic nitrogens is 4. The topological polar surface area (TPSA) is 102 Å². The smallest absolute Gasteiger partial charge is 0.260 e. The highest BCUT2D eigenvalue weighted by atomic mass is 32.2. The van der Waals surface area contributed by atoms with Crippen LogP contribution in [0.4, 0.5) is 5.69 Å². The minimum absolute atomic E-state index is 0.00301. The second-order valence-electron chi connectivity index (χ2n) is 4.02. The minimum atomic E-state index is -3.61. The van der Waals surface area contributed by atoms with Gasteiger partial charge < -0.3 is 5.32 Å². The van der Waals surface area contributed by atoms with Crippen LogP contribution in [-0.4, -0.2) is 42.0 Å². The van der Waals surface area contributed by atoms with Crippen molar-refractivity contribution in [3.05, 3.63) is 30.7 Å². The summed E-state index contributed by atoms with van der Waals surface area (Å²) in [7, 11) is -1.96. The van der Waals surface area contributed by atoms with E-state index in [1.54, 1.807) is 36.3 Å². The zero-order valence-corrected chi connectivity index (χ0v) is 11.8. The number of nitrogens with one attached hydrogen (secondary N) is 2. The molecule has 2 N–H and O–H groups in total. The summed E-state index contributed by atoms with van der Waals surface area (Å²) in [6.07, 6.45) is 5.37. The second-order valence-corrected chi connectivity index (χ2v) is 5.71. The molecule has 0 unspecified atom stereocenters. The lowest BCUT2D eigenvalue weighted by molar-refractivity contribution is 0.541. The van der Waals surface area contributed by atoms with Crippen LogP contribution >= 0.6 is 0 Å². The molecule has 0 spiro atoms. The largest absolute Gasteiger partial charge is 0.386 e. The van der Waals surface area contributed by atoms with Gasteiger partial charge in [-0.2, -0.15) is 0 Å². The first-order chi connectivity index (χ1) is 9.63. The van der Waals surface area contributed by atoms with Crippen LogP contribution in [-0.2, 0) is 16.6 Å². The summed E-state index contributed by atoms with van der Waals surface area (Å²) in [4.78, 5) is 3.91. The van der Waals surface area contributed by atoms with Gasteiger partial charge in [0.2, 0.25) is 0 Å². The Morgan fingerprint density at radius 3 is 2.90 bits per heavy atom. The molecule has 20 heavy (non-hydrogen) atoms. The standard InChI is InChI=1S/C11H16N6O2S/c1-12-10-4-2-5-13-11(10)20(18,19)15-6-3-8-17-9-7-14-16-17/h2,4-5,7,9,12,15H,3,6,8H2,1H3. The van der Waals surface area contributed by atoms with Crippen molar-refractivity contribution in [3.8, 4) is 0 Å². The fraction of sp³-hybridized carbons (Fsp3) is 0.364. The third kappa shape index (κ3) is 3.52. The molecule has 8 nitrogen and oxygen atoms in total. The van der Waals surface area contributed by atoms with E-state index >= 15 is 0 Å². The van der Waals surface area contributed by atoms with Gasteiger partial charge >= 0.3 is 0 Å². The summed E-state index contributed by atoms with van der Waals surface area (Å²) in [6, 6.07) is 3.34. The number of aryl methyl sites for hydroxylation is 1. The van der Waals surface area contributed by atoms with Crippen LogP contribution in [0.15, 0.2) is 35.7 Å². The van der Waals surface area contributed by atoms with Crippen molar-refractivity contribution < 1.29 is 8.42 Å². The second kappa shape index (κ2) is 6.44. The lowest BCUT2D eigenvalue weighted by Gasteiger charge is -2.09. The Morgan fingerprint density at radius 1 is 1.35 bits per heavy atom. The maximum absolute atomic E-state index is 12.1. The third-order valence-corrected chi connectivity index (χ3v) is 4.04. The molecule has 2 aromatic heterocycles. The number of hydrogen-bond donors (Lipinski definition) is 2. The summed E-state index contributed by atoms with van der Waals surface area (Å²) >= 11 is 0. The number of nitrogens with zero attached hydrogens (tertiary/aromatic N) is 4. The number of anilines is 1. The van der Waals surface area contributed by atoms with Gasteiger partial charge in [-0.05, 0) is 18.6 Å². The maximum atomic E-state index is 12.1. The Morgan fingerprint density at radius 2 is 2.20 bits per heavy atom. The molecule has 108 valence electrons. The Labute approximate surface area is 117 Å². The van der Waals surface area contributed by atoms with E-state index in [1.165, 1.54) is 6.20 Å². The van der Waals surface area contributed by atoms with Crippen LogP contribution in [0.1, 0.15) is 6.42 Å². The van der Waals surface area contributed by atoms with Crippen LogP contribution in [0.25, 0.3) is 0 Å². The van der Waals surface area contributed by atoms with Crippen molar-refractivity contribution in [2.45, 2.75) is 18.0 Å². The molecule has 2 heterocycles. The monoisotopic (exact) mass is 296 g/mol.